The molecule has 4 aliphatic rings. The summed E-state index contributed by atoms with van der Waals surface area (Å²) in [7, 11) is 0. The van der Waals surface area contributed by atoms with Gasteiger partial charge < -0.3 is 5.11 Å². The predicted molar refractivity (Wildman–Crippen MR) is 134 cm³/mol. The average molecular weight is 453 g/mol. The first-order chi connectivity index (χ1) is 15.3. The van der Waals surface area contributed by atoms with E-state index in [0.717, 1.165) is 19.3 Å². The number of rotatable bonds is 4. The minimum atomic E-state index is -0.855. The Morgan fingerprint density at radius 2 is 1.79 bits per heavy atom. The van der Waals surface area contributed by atoms with Gasteiger partial charge in [0.05, 0.1) is 0 Å². The molecule has 1 N–H and O–H groups in total. The Labute approximate surface area is 200 Å². The van der Waals surface area contributed by atoms with Crippen LogP contribution >= 0.6 is 0 Å². The summed E-state index contributed by atoms with van der Waals surface area (Å²) in [5, 5.41) is 9.11. The number of allylic oxidation sites excluding steroid dienone is 5. The van der Waals surface area contributed by atoms with Crippen LogP contribution < -0.4 is 0 Å². The van der Waals surface area contributed by atoms with E-state index in [1.54, 1.807) is 18.6 Å². The number of hydrogen-bond acceptors (Lipinski definition) is 2. The summed E-state index contributed by atoms with van der Waals surface area (Å²) in [5.41, 5.74) is 2.56. The summed E-state index contributed by atoms with van der Waals surface area (Å²) in [6, 6.07) is 0. The van der Waals surface area contributed by atoms with E-state index in [9.17, 15) is 9.59 Å². The quantitative estimate of drug-likeness (QED) is 0.275. The Hall–Kier alpha value is -1.64. The van der Waals surface area contributed by atoms with Crippen LogP contribution in [0.25, 0.3) is 0 Å². The lowest BCUT2D eigenvalue weighted by molar-refractivity contribution is -0.174. The topological polar surface area (TPSA) is 54.4 Å². The Morgan fingerprint density at radius 1 is 1.09 bits per heavy atom. The number of carbonyl (C=O) groups excluding carboxylic acids is 1. The van der Waals surface area contributed by atoms with Crippen molar-refractivity contribution in [1.82, 2.24) is 0 Å². The Bertz CT molecular complexity index is 936. The summed E-state index contributed by atoms with van der Waals surface area (Å²) >= 11 is 0. The highest BCUT2D eigenvalue weighted by atomic mass is 16.4. The van der Waals surface area contributed by atoms with Crippen molar-refractivity contribution in [2.45, 2.75) is 93.4 Å². The van der Waals surface area contributed by atoms with Crippen molar-refractivity contribution in [2.75, 3.05) is 0 Å². The lowest BCUT2D eigenvalue weighted by atomic mass is 9.37. The van der Waals surface area contributed by atoms with E-state index in [2.05, 4.69) is 53.7 Å². The van der Waals surface area contributed by atoms with Crippen LogP contribution in [0.4, 0.5) is 0 Å². The molecule has 0 radical (unpaired) electrons. The minimum Gasteiger partial charge on any atom is -0.478 e. The molecule has 0 unspecified atom stereocenters. The summed E-state index contributed by atoms with van der Waals surface area (Å²) in [6.45, 7) is 16.0. The van der Waals surface area contributed by atoms with Crippen molar-refractivity contribution in [3.63, 3.8) is 0 Å². The molecule has 0 bridgehead atoms. The van der Waals surface area contributed by atoms with Crippen LogP contribution in [-0.4, -0.2) is 16.9 Å². The summed E-state index contributed by atoms with van der Waals surface area (Å²) in [4.78, 5) is 23.9. The van der Waals surface area contributed by atoms with Gasteiger partial charge in [0, 0.05) is 17.4 Å². The molecular formula is C30H44O3. The molecule has 0 spiro atoms. The Morgan fingerprint density at radius 3 is 2.45 bits per heavy atom. The zero-order valence-electron chi connectivity index (χ0n) is 21.8. The molecule has 3 heteroatoms. The molecule has 0 aromatic rings. The van der Waals surface area contributed by atoms with Crippen LogP contribution in [0.2, 0.25) is 0 Å². The van der Waals surface area contributed by atoms with Crippen molar-refractivity contribution in [3.05, 3.63) is 35.5 Å². The van der Waals surface area contributed by atoms with E-state index in [1.165, 1.54) is 25.7 Å². The zero-order valence-corrected chi connectivity index (χ0v) is 21.8. The van der Waals surface area contributed by atoms with Gasteiger partial charge in [0.15, 0.2) is 0 Å². The Balaban J connectivity index is 1.64. The van der Waals surface area contributed by atoms with Gasteiger partial charge in [-0.2, -0.15) is 0 Å². The number of Topliss-reactive ketones (excluding diaryl/α,β-unsaturated/α-hetero) is 1. The molecule has 0 heterocycles. The van der Waals surface area contributed by atoms with Gasteiger partial charge in [0.1, 0.15) is 5.78 Å². The third kappa shape index (κ3) is 3.43. The van der Waals surface area contributed by atoms with Gasteiger partial charge in [0.25, 0.3) is 0 Å². The summed E-state index contributed by atoms with van der Waals surface area (Å²) in [5.74, 6) is 1.68. The molecule has 182 valence electrons. The fraction of sp³-hybridized carbons (Fsp3) is 0.733. The first kappa shape index (κ1) is 24.5. The number of carboxylic acids is 1. The second-order valence-electron chi connectivity index (χ2n) is 13.0. The number of ketones is 1. The van der Waals surface area contributed by atoms with E-state index in [4.69, 9.17) is 5.11 Å². The molecule has 0 aliphatic heterocycles. The molecule has 0 saturated heterocycles. The third-order valence-corrected chi connectivity index (χ3v) is 11.4. The van der Waals surface area contributed by atoms with Crippen molar-refractivity contribution >= 4 is 11.8 Å². The number of carbonyl (C=O) groups is 2. The maximum atomic E-state index is 12.8. The molecular weight excluding hydrogens is 408 g/mol. The minimum absolute atomic E-state index is 0.196. The smallest absolute Gasteiger partial charge is 0.331 e. The van der Waals surface area contributed by atoms with Gasteiger partial charge in [-0.15, -0.1) is 0 Å². The number of carboxylic acid groups (broad SMARTS) is 1. The highest BCUT2D eigenvalue weighted by Gasteiger charge is 2.66. The molecule has 33 heavy (non-hydrogen) atoms. The van der Waals surface area contributed by atoms with Crippen LogP contribution in [0.5, 0.6) is 0 Å². The number of fused-ring (bicyclic) bond motifs is 5. The van der Waals surface area contributed by atoms with Crippen molar-refractivity contribution < 1.29 is 14.7 Å². The van der Waals surface area contributed by atoms with E-state index in [-0.39, 0.29) is 21.7 Å². The fourth-order valence-electron chi connectivity index (χ4n) is 9.06. The second-order valence-corrected chi connectivity index (χ2v) is 13.0. The van der Waals surface area contributed by atoms with Gasteiger partial charge in [-0.1, -0.05) is 71.4 Å². The zero-order chi connectivity index (χ0) is 24.4. The lowest BCUT2D eigenvalue weighted by Crippen LogP contribution is -2.61. The SMILES string of the molecule is C/C(=C\C=C/[C@@H](C)[C@H]1CC[C@@]2(C)C1=CC[C@H]1[C@@]3(C)CCC(=O)C(C)(C)[C@@H]3CC[C@@]12C)C(=O)O. The number of aliphatic carboxylic acids is 1. The molecule has 0 aromatic carbocycles. The standard InChI is InChI=1S/C30H44O3/c1-19(9-8-10-20(2)26(32)33)21-13-17-29(6)22(21)11-12-24-28(5)16-15-25(31)27(3,4)23(28)14-18-30(24,29)7/h8-11,19,21,23-24H,12-18H2,1-7H3,(H,32,33)/b9-8-,20-10+/t19-,21-,23+,24+,28+,29+,30+/m1/s1. The maximum Gasteiger partial charge on any atom is 0.331 e. The van der Waals surface area contributed by atoms with Crippen molar-refractivity contribution in [3.8, 4) is 0 Å². The Kier molecular flexibility index (Phi) is 5.90. The van der Waals surface area contributed by atoms with Crippen molar-refractivity contribution in [2.24, 2.45) is 45.3 Å². The summed E-state index contributed by atoms with van der Waals surface area (Å²) in [6.07, 6.45) is 16.2. The summed E-state index contributed by atoms with van der Waals surface area (Å²) < 4.78 is 0. The van der Waals surface area contributed by atoms with Crippen LogP contribution in [0.3, 0.4) is 0 Å². The van der Waals surface area contributed by atoms with Gasteiger partial charge in [0.2, 0.25) is 0 Å². The molecule has 3 saturated carbocycles. The molecule has 3 fully saturated rings. The van der Waals surface area contributed by atoms with E-state index in [0.29, 0.717) is 35.0 Å². The molecule has 4 rings (SSSR count). The van der Waals surface area contributed by atoms with Gasteiger partial charge in [-0.05, 0) is 85.4 Å². The second kappa shape index (κ2) is 7.95. The van der Waals surface area contributed by atoms with E-state index in [1.807, 2.05) is 6.08 Å². The molecule has 4 aliphatic carbocycles. The number of hydrogen-bond donors (Lipinski definition) is 1. The molecule has 3 nitrogen and oxygen atoms in total. The first-order valence-corrected chi connectivity index (χ1v) is 13.1. The first-order valence-electron chi connectivity index (χ1n) is 13.1. The van der Waals surface area contributed by atoms with E-state index < -0.39 is 5.97 Å². The largest absolute Gasteiger partial charge is 0.478 e. The van der Waals surface area contributed by atoms with Crippen LogP contribution in [0.1, 0.15) is 93.4 Å². The fourth-order valence-corrected chi connectivity index (χ4v) is 9.06. The van der Waals surface area contributed by atoms with Gasteiger partial charge in [-0.3, -0.25) is 4.79 Å². The van der Waals surface area contributed by atoms with Gasteiger partial charge >= 0.3 is 5.97 Å². The van der Waals surface area contributed by atoms with Crippen LogP contribution in [0, 0.1) is 45.3 Å². The highest BCUT2D eigenvalue weighted by Crippen LogP contribution is 2.73. The molecule has 0 aromatic heterocycles. The average Bonchev–Trinajstić information content (AvgIpc) is 3.09. The van der Waals surface area contributed by atoms with Crippen LogP contribution in [0.15, 0.2) is 35.5 Å². The third-order valence-electron chi connectivity index (χ3n) is 11.4. The predicted octanol–water partition coefficient (Wildman–Crippen LogP) is 7.38. The van der Waals surface area contributed by atoms with Gasteiger partial charge in [-0.25, -0.2) is 4.79 Å². The van der Waals surface area contributed by atoms with Crippen molar-refractivity contribution in [1.29, 1.82) is 0 Å². The van der Waals surface area contributed by atoms with Crippen LogP contribution in [-0.2, 0) is 9.59 Å². The molecule has 0 amide bonds. The van der Waals surface area contributed by atoms with E-state index >= 15 is 0 Å². The normalized spacial score (nSPS) is 43.5. The lowest BCUT2D eigenvalue weighted by Gasteiger charge is -2.67. The highest BCUT2D eigenvalue weighted by molar-refractivity contribution is 5.86. The maximum absolute atomic E-state index is 12.8. The monoisotopic (exact) mass is 452 g/mol. The molecule has 7 atom stereocenters.